The zero-order chi connectivity index (χ0) is 27.7. The lowest BCUT2D eigenvalue weighted by Gasteiger charge is -2.28. The van der Waals surface area contributed by atoms with Gasteiger partial charge in [-0.2, -0.15) is 0 Å². The molecule has 2 atom stereocenters. The van der Waals surface area contributed by atoms with Crippen LogP contribution in [-0.4, -0.2) is 32.0 Å². The van der Waals surface area contributed by atoms with Crippen LogP contribution < -0.4 is 10.6 Å². The molecule has 3 heterocycles. The summed E-state index contributed by atoms with van der Waals surface area (Å²) in [4.78, 5) is 19.5. The van der Waals surface area contributed by atoms with Crippen molar-refractivity contribution in [3.63, 3.8) is 0 Å². The fraction of sp³-hybridized carbons (Fsp3) is 0.258. The van der Waals surface area contributed by atoms with Crippen molar-refractivity contribution < 1.29 is 9.18 Å². The van der Waals surface area contributed by atoms with Crippen LogP contribution in [0.25, 0.3) is 5.69 Å². The molecule has 1 aliphatic rings. The van der Waals surface area contributed by atoms with E-state index in [9.17, 15) is 9.18 Å². The van der Waals surface area contributed by atoms with Crippen LogP contribution in [0.2, 0.25) is 0 Å². The monoisotopic (exact) mass is 541 g/mol. The number of hydrogen-bond acceptors (Lipinski definition) is 3. The lowest BCUT2D eigenvalue weighted by Crippen LogP contribution is -2.33. The zero-order valence-corrected chi connectivity index (χ0v) is 23.3. The molecule has 1 aliphatic heterocycles. The van der Waals surface area contributed by atoms with Crippen LogP contribution in [0.15, 0.2) is 72.9 Å². The third-order valence-corrected chi connectivity index (χ3v) is 7.53. The fourth-order valence-electron chi connectivity index (χ4n) is 5.55. The summed E-state index contributed by atoms with van der Waals surface area (Å²) in [7, 11) is 0. The number of pyridine rings is 1. The number of nitrogens with one attached hydrogen (secondary N) is 2. The average Bonchev–Trinajstić information content (AvgIpc) is 3.38. The highest BCUT2D eigenvalue weighted by Crippen LogP contribution is 2.41. The van der Waals surface area contributed by atoms with E-state index in [0.29, 0.717) is 11.7 Å². The number of hydrogen-bond donors (Lipinski definition) is 2. The van der Waals surface area contributed by atoms with Gasteiger partial charge in [-0.1, -0.05) is 24.3 Å². The van der Waals surface area contributed by atoms with Crippen LogP contribution in [-0.2, 0) is 4.79 Å². The minimum absolute atomic E-state index is 0.150. The molecule has 0 saturated carbocycles. The summed E-state index contributed by atoms with van der Waals surface area (Å²) >= 11 is 5.80. The summed E-state index contributed by atoms with van der Waals surface area (Å²) in [5.41, 5.74) is 7.91. The van der Waals surface area contributed by atoms with Crippen LogP contribution in [0.3, 0.4) is 0 Å². The number of nitrogens with zero attached hydrogens (tertiary/aromatic N) is 3. The smallest absolute Gasteiger partial charge is 0.226 e. The van der Waals surface area contributed by atoms with Gasteiger partial charge in [0.2, 0.25) is 5.91 Å². The first-order valence-corrected chi connectivity index (χ1v) is 13.4. The second kappa shape index (κ2) is 11.0. The number of para-hydroxylation sites is 1. The van der Waals surface area contributed by atoms with Crippen LogP contribution in [0.4, 0.5) is 10.1 Å². The van der Waals surface area contributed by atoms with E-state index in [1.54, 1.807) is 24.4 Å². The molecule has 39 heavy (non-hydrogen) atoms. The molecule has 1 fully saturated rings. The average molecular weight is 542 g/mol. The Hall–Kier alpha value is -4.04. The highest BCUT2D eigenvalue weighted by atomic mass is 32.1. The van der Waals surface area contributed by atoms with Crippen LogP contribution in [0.5, 0.6) is 0 Å². The van der Waals surface area contributed by atoms with Gasteiger partial charge in [-0.25, -0.2) is 4.39 Å². The molecule has 0 bridgehead atoms. The van der Waals surface area contributed by atoms with E-state index in [1.807, 2.05) is 18.2 Å². The SMILES string of the molecule is Cc1cc(C)cc(-n2c(C)cc([C@@H]3[C@H](c4ccccn4)NC(=S)N3CCC(=O)Nc3ccccc3F)c2C)c1. The number of amides is 1. The highest BCUT2D eigenvalue weighted by molar-refractivity contribution is 7.80. The molecule has 2 aromatic heterocycles. The molecule has 1 amide bonds. The number of aromatic nitrogens is 2. The first kappa shape index (κ1) is 26.6. The summed E-state index contributed by atoms with van der Waals surface area (Å²) < 4.78 is 16.4. The van der Waals surface area contributed by atoms with Gasteiger partial charge in [-0.15, -0.1) is 0 Å². The molecular formula is C31H32FN5OS. The van der Waals surface area contributed by atoms with Gasteiger partial charge in [-0.05, 0) is 99.1 Å². The van der Waals surface area contributed by atoms with E-state index in [1.165, 1.54) is 17.2 Å². The van der Waals surface area contributed by atoms with Gasteiger partial charge in [0, 0.05) is 36.2 Å². The topological polar surface area (TPSA) is 62.2 Å². The van der Waals surface area contributed by atoms with Gasteiger partial charge < -0.3 is 20.1 Å². The maximum absolute atomic E-state index is 14.1. The quantitative estimate of drug-likeness (QED) is 0.271. The zero-order valence-electron chi connectivity index (χ0n) is 22.5. The molecule has 0 aliphatic carbocycles. The van der Waals surface area contributed by atoms with Crippen molar-refractivity contribution in [1.29, 1.82) is 0 Å². The highest BCUT2D eigenvalue weighted by Gasteiger charge is 2.41. The van der Waals surface area contributed by atoms with Gasteiger partial charge in [0.25, 0.3) is 0 Å². The molecule has 200 valence electrons. The molecular weight excluding hydrogens is 509 g/mol. The second-order valence-electron chi connectivity index (χ2n) is 10.1. The van der Waals surface area contributed by atoms with E-state index < -0.39 is 5.82 Å². The van der Waals surface area contributed by atoms with Gasteiger partial charge in [0.15, 0.2) is 5.11 Å². The summed E-state index contributed by atoms with van der Waals surface area (Å²) in [5, 5.41) is 6.70. The van der Waals surface area contributed by atoms with Gasteiger partial charge >= 0.3 is 0 Å². The number of thiocarbonyl (C=S) groups is 1. The number of aryl methyl sites for hydroxylation is 3. The van der Waals surface area contributed by atoms with Crippen LogP contribution >= 0.6 is 12.2 Å². The molecule has 5 rings (SSSR count). The van der Waals surface area contributed by atoms with Crippen LogP contribution in [0, 0.1) is 33.5 Å². The predicted octanol–water partition coefficient (Wildman–Crippen LogP) is 6.25. The Balaban J connectivity index is 1.49. The summed E-state index contributed by atoms with van der Waals surface area (Å²) in [6, 6.07) is 20.4. The number of anilines is 1. The van der Waals surface area contributed by atoms with E-state index in [4.69, 9.17) is 12.2 Å². The standard InChI is InChI=1S/C31H32FN5OS/c1-19-15-20(2)17-23(16-19)37-21(3)18-24(22(37)4)30-29(27-11-7-8-13-33-27)35-31(39)36(30)14-12-28(38)34-26-10-6-5-9-25(26)32/h5-11,13,15-18,29-30H,12,14H2,1-4H3,(H,34,38)(H,35,39)/t29-,30+/m0/s1. The van der Waals surface area contributed by atoms with Crippen LogP contribution in [0.1, 0.15) is 52.3 Å². The van der Waals surface area contributed by atoms with Crippen molar-refractivity contribution in [2.75, 3.05) is 11.9 Å². The number of halogens is 1. The lowest BCUT2D eigenvalue weighted by molar-refractivity contribution is -0.116. The largest absolute Gasteiger partial charge is 0.352 e. The Morgan fingerprint density at radius 1 is 1.03 bits per heavy atom. The Bertz CT molecular complexity index is 1510. The van der Waals surface area contributed by atoms with Crippen molar-refractivity contribution in [1.82, 2.24) is 19.8 Å². The second-order valence-corrected chi connectivity index (χ2v) is 10.5. The number of carbonyl (C=O) groups is 1. The number of benzene rings is 2. The van der Waals surface area contributed by atoms with Crippen molar-refractivity contribution in [3.05, 3.63) is 113 Å². The van der Waals surface area contributed by atoms with Crippen molar-refractivity contribution in [2.24, 2.45) is 0 Å². The predicted molar refractivity (Wildman–Crippen MR) is 157 cm³/mol. The Kier molecular flexibility index (Phi) is 7.48. The third-order valence-electron chi connectivity index (χ3n) is 7.18. The molecule has 4 aromatic rings. The third kappa shape index (κ3) is 5.43. The molecule has 0 spiro atoms. The van der Waals surface area contributed by atoms with Crippen molar-refractivity contribution >= 4 is 28.9 Å². The first-order chi connectivity index (χ1) is 18.7. The van der Waals surface area contributed by atoms with E-state index in [2.05, 4.69) is 77.0 Å². The maximum Gasteiger partial charge on any atom is 0.226 e. The Morgan fingerprint density at radius 2 is 1.74 bits per heavy atom. The minimum Gasteiger partial charge on any atom is -0.352 e. The Labute approximate surface area is 233 Å². The summed E-state index contributed by atoms with van der Waals surface area (Å²) in [6.07, 6.45) is 1.93. The molecule has 2 aromatic carbocycles. The lowest BCUT2D eigenvalue weighted by atomic mass is 9.96. The van der Waals surface area contributed by atoms with Gasteiger partial charge in [0.1, 0.15) is 5.82 Å². The summed E-state index contributed by atoms with van der Waals surface area (Å²) in [5.74, 6) is -0.736. The molecule has 0 radical (unpaired) electrons. The van der Waals surface area contributed by atoms with Gasteiger partial charge in [0.05, 0.1) is 23.5 Å². The van der Waals surface area contributed by atoms with E-state index >= 15 is 0 Å². The minimum atomic E-state index is -0.462. The van der Waals surface area contributed by atoms with Gasteiger partial charge in [-0.3, -0.25) is 9.78 Å². The number of rotatable bonds is 7. The number of carbonyl (C=O) groups excluding carboxylic acids is 1. The molecule has 0 unspecified atom stereocenters. The van der Waals surface area contributed by atoms with E-state index in [0.717, 1.165) is 28.3 Å². The van der Waals surface area contributed by atoms with Crippen molar-refractivity contribution in [2.45, 2.75) is 46.2 Å². The Morgan fingerprint density at radius 3 is 2.44 bits per heavy atom. The first-order valence-electron chi connectivity index (χ1n) is 13.0. The summed E-state index contributed by atoms with van der Waals surface area (Å²) in [6.45, 7) is 8.82. The fourth-order valence-corrected chi connectivity index (χ4v) is 5.88. The van der Waals surface area contributed by atoms with Crippen molar-refractivity contribution in [3.8, 4) is 5.69 Å². The maximum atomic E-state index is 14.1. The molecule has 6 nitrogen and oxygen atoms in total. The molecule has 8 heteroatoms. The van der Waals surface area contributed by atoms with E-state index in [-0.39, 0.29) is 30.1 Å². The normalized spacial score (nSPS) is 16.8. The molecule has 1 saturated heterocycles. The molecule has 2 N–H and O–H groups in total.